The van der Waals surface area contributed by atoms with E-state index in [0.29, 0.717) is 40.6 Å². The molecule has 5 rings (SSSR count). The molecule has 0 bridgehead atoms. The Morgan fingerprint density at radius 3 is 2.96 bits per heavy atom. The van der Waals surface area contributed by atoms with E-state index in [9.17, 15) is 9.59 Å². The summed E-state index contributed by atoms with van der Waals surface area (Å²) >= 11 is 0. The molecule has 1 aliphatic heterocycles. The Kier molecular flexibility index (Phi) is 2.85. The van der Waals surface area contributed by atoms with E-state index in [4.69, 9.17) is 0 Å². The molecule has 1 fully saturated rings. The Labute approximate surface area is 142 Å². The van der Waals surface area contributed by atoms with Gasteiger partial charge in [0.2, 0.25) is 0 Å². The normalized spacial score (nSPS) is 16.4. The second-order valence-corrected chi connectivity index (χ2v) is 6.66. The van der Waals surface area contributed by atoms with Gasteiger partial charge in [-0.05, 0) is 25.8 Å². The molecule has 0 atom stereocenters. The number of hydrogen-bond donors (Lipinski definition) is 1. The van der Waals surface area contributed by atoms with Gasteiger partial charge in [0.25, 0.3) is 11.5 Å². The fourth-order valence-electron chi connectivity index (χ4n) is 3.38. The number of fused-ring (bicyclic) bond motifs is 2. The highest BCUT2D eigenvalue weighted by Gasteiger charge is 2.33. The molecule has 1 N–H and O–H groups in total. The van der Waals surface area contributed by atoms with Gasteiger partial charge in [0.1, 0.15) is 11.4 Å². The summed E-state index contributed by atoms with van der Waals surface area (Å²) in [5.41, 5.74) is 2.80. The molecule has 4 heterocycles. The summed E-state index contributed by atoms with van der Waals surface area (Å²) in [6, 6.07) is 1.77. The summed E-state index contributed by atoms with van der Waals surface area (Å²) in [7, 11) is 0. The maximum Gasteiger partial charge on any atom is 0.260 e. The summed E-state index contributed by atoms with van der Waals surface area (Å²) in [6.45, 7) is 2.41. The fraction of sp³-hybridized carbons (Fsp3) is 0.353. The first-order valence-electron chi connectivity index (χ1n) is 8.33. The highest BCUT2D eigenvalue weighted by molar-refractivity contribution is 6.01. The van der Waals surface area contributed by atoms with Gasteiger partial charge in [-0.25, -0.2) is 14.5 Å². The second-order valence-electron chi connectivity index (χ2n) is 6.66. The molecule has 0 spiro atoms. The van der Waals surface area contributed by atoms with Crippen molar-refractivity contribution in [2.24, 2.45) is 0 Å². The van der Waals surface area contributed by atoms with Gasteiger partial charge < -0.3 is 9.88 Å². The van der Waals surface area contributed by atoms with Gasteiger partial charge in [0.15, 0.2) is 5.65 Å². The first-order valence-corrected chi connectivity index (χ1v) is 8.33. The SMILES string of the molecule is Cc1nn2cccnc2c1C(=O)N1Cc2nc(C3CC3)[nH]c(=O)c2C1. The van der Waals surface area contributed by atoms with Gasteiger partial charge in [-0.2, -0.15) is 5.10 Å². The standard InChI is InChI=1S/C17H16N6O2/c1-9-13(15-18-5-2-6-23(15)21-9)17(25)22-7-11-12(8-22)19-14(10-3-4-10)20-16(11)24/h2,5-6,10H,3-4,7-8H2,1H3,(H,19,20,24). The van der Waals surface area contributed by atoms with Crippen LogP contribution in [0.5, 0.6) is 0 Å². The number of aryl methyl sites for hydroxylation is 1. The molecule has 8 nitrogen and oxygen atoms in total. The lowest BCUT2D eigenvalue weighted by Gasteiger charge is -2.14. The molecule has 0 saturated heterocycles. The molecule has 8 heteroatoms. The number of H-pyrrole nitrogens is 1. The van der Waals surface area contributed by atoms with E-state index in [1.807, 2.05) is 0 Å². The molecule has 1 aliphatic carbocycles. The van der Waals surface area contributed by atoms with E-state index >= 15 is 0 Å². The van der Waals surface area contributed by atoms with Crippen LogP contribution in [-0.2, 0) is 13.1 Å². The molecular formula is C17H16N6O2. The average Bonchev–Trinajstić information content (AvgIpc) is 3.26. The van der Waals surface area contributed by atoms with Crippen molar-refractivity contribution in [2.75, 3.05) is 0 Å². The monoisotopic (exact) mass is 336 g/mol. The van der Waals surface area contributed by atoms with Crippen LogP contribution >= 0.6 is 0 Å². The van der Waals surface area contributed by atoms with E-state index in [2.05, 4.69) is 20.1 Å². The summed E-state index contributed by atoms with van der Waals surface area (Å²) < 4.78 is 1.60. The van der Waals surface area contributed by atoms with Crippen LogP contribution < -0.4 is 5.56 Å². The Balaban J connectivity index is 1.52. The Morgan fingerprint density at radius 1 is 1.32 bits per heavy atom. The highest BCUT2D eigenvalue weighted by atomic mass is 16.2. The first-order chi connectivity index (χ1) is 12.1. The molecule has 3 aromatic heterocycles. The van der Waals surface area contributed by atoms with Crippen LogP contribution in [0.1, 0.15) is 51.9 Å². The number of aromatic nitrogens is 5. The molecular weight excluding hydrogens is 320 g/mol. The highest BCUT2D eigenvalue weighted by Crippen LogP contribution is 2.38. The van der Waals surface area contributed by atoms with Crippen LogP contribution in [0.25, 0.3) is 5.65 Å². The van der Waals surface area contributed by atoms with Crippen molar-refractivity contribution >= 4 is 11.6 Å². The minimum Gasteiger partial charge on any atom is -0.328 e. The van der Waals surface area contributed by atoms with Gasteiger partial charge in [-0.15, -0.1) is 0 Å². The summed E-state index contributed by atoms with van der Waals surface area (Å²) in [5, 5.41) is 4.34. The van der Waals surface area contributed by atoms with Crippen molar-refractivity contribution in [2.45, 2.75) is 38.8 Å². The molecule has 1 amide bonds. The van der Waals surface area contributed by atoms with Crippen LogP contribution in [-0.4, -0.2) is 35.4 Å². The molecule has 1 saturated carbocycles. The van der Waals surface area contributed by atoms with E-state index in [-0.39, 0.29) is 18.0 Å². The largest absolute Gasteiger partial charge is 0.328 e. The van der Waals surface area contributed by atoms with Gasteiger partial charge in [-0.1, -0.05) is 0 Å². The zero-order valence-corrected chi connectivity index (χ0v) is 13.7. The quantitative estimate of drug-likeness (QED) is 0.757. The molecule has 0 radical (unpaired) electrons. The van der Waals surface area contributed by atoms with Crippen LogP contribution in [0.4, 0.5) is 0 Å². The molecule has 3 aromatic rings. The maximum atomic E-state index is 13.0. The lowest BCUT2D eigenvalue weighted by atomic mass is 10.2. The van der Waals surface area contributed by atoms with E-state index in [1.54, 1.807) is 34.8 Å². The van der Waals surface area contributed by atoms with Crippen molar-refractivity contribution in [1.29, 1.82) is 0 Å². The number of carbonyl (C=O) groups is 1. The topological polar surface area (TPSA) is 96.2 Å². The van der Waals surface area contributed by atoms with Crippen molar-refractivity contribution < 1.29 is 4.79 Å². The van der Waals surface area contributed by atoms with Gasteiger partial charge >= 0.3 is 0 Å². The minimum atomic E-state index is -0.170. The predicted octanol–water partition coefficient (Wildman–Crippen LogP) is 1.15. The van der Waals surface area contributed by atoms with Gasteiger partial charge in [0, 0.05) is 18.3 Å². The van der Waals surface area contributed by atoms with Crippen molar-refractivity contribution in [1.82, 2.24) is 29.5 Å². The number of aromatic amines is 1. The molecule has 25 heavy (non-hydrogen) atoms. The van der Waals surface area contributed by atoms with E-state index < -0.39 is 0 Å². The first kappa shape index (κ1) is 14.3. The summed E-state index contributed by atoms with van der Waals surface area (Å²) in [5.74, 6) is 0.956. The minimum absolute atomic E-state index is 0.128. The van der Waals surface area contributed by atoms with E-state index in [1.165, 1.54) is 0 Å². The number of carbonyl (C=O) groups excluding carboxylic acids is 1. The number of rotatable bonds is 2. The fourth-order valence-corrected chi connectivity index (χ4v) is 3.38. The van der Waals surface area contributed by atoms with Gasteiger partial charge in [0.05, 0.1) is 30.0 Å². The Morgan fingerprint density at radius 2 is 2.16 bits per heavy atom. The number of nitrogens with one attached hydrogen (secondary N) is 1. The molecule has 0 unspecified atom stereocenters. The van der Waals surface area contributed by atoms with Crippen molar-refractivity contribution in [3.63, 3.8) is 0 Å². The van der Waals surface area contributed by atoms with Crippen molar-refractivity contribution in [3.05, 3.63) is 57.2 Å². The average molecular weight is 336 g/mol. The molecule has 2 aliphatic rings. The Hall–Kier alpha value is -3.03. The Bertz CT molecular complexity index is 1080. The number of amides is 1. The smallest absolute Gasteiger partial charge is 0.260 e. The third kappa shape index (κ3) is 2.17. The second kappa shape index (κ2) is 4.98. The third-order valence-electron chi connectivity index (χ3n) is 4.84. The number of hydrogen-bond acceptors (Lipinski definition) is 5. The lowest BCUT2D eigenvalue weighted by Crippen LogP contribution is -2.26. The number of nitrogens with zero attached hydrogens (tertiary/aromatic N) is 5. The van der Waals surface area contributed by atoms with Crippen LogP contribution in [0.15, 0.2) is 23.3 Å². The summed E-state index contributed by atoms with van der Waals surface area (Å²) in [6.07, 6.45) is 5.54. The van der Waals surface area contributed by atoms with E-state index in [0.717, 1.165) is 18.7 Å². The van der Waals surface area contributed by atoms with Crippen molar-refractivity contribution in [3.8, 4) is 0 Å². The van der Waals surface area contributed by atoms with Crippen LogP contribution in [0.3, 0.4) is 0 Å². The van der Waals surface area contributed by atoms with Gasteiger partial charge in [-0.3, -0.25) is 9.59 Å². The zero-order valence-electron chi connectivity index (χ0n) is 13.7. The molecule has 0 aromatic carbocycles. The zero-order chi connectivity index (χ0) is 17.1. The maximum absolute atomic E-state index is 13.0. The predicted molar refractivity (Wildman–Crippen MR) is 88.1 cm³/mol. The molecule has 126 valence electrons. The van der Waals surface area contributed by atoms with Crippen LogP contribution in [0, 0.1) is 6.92 Å². The third-order valence-corrected chi connectivity index (χ3v) is 4.84. The lowest BCUT2D eigenvalue weighted by molar-refractivity contribution is 0.0751. The van der Waals surface area contributed by atoms with Crippen LogP contribution in [0.2, 0.25) is 0 Å². The summed E-state index contributed by atoms with van der Waals surface area (Å²) in [4.78, 5) is 38.8.